The van der Waals surface area contributed by atoms with Crippen molar-refractivity contribution in [1.82, 2.24) is 4.98 Å². The molecule has 2 aromatic rings. The normalized spacial score (nSPS) is 10.8. The van der Waals surface area contributed by atoms with Crippen LogP contribution in [-0.4, -0.2) is 12.1 Å². The molecule has 0 N–H and O–H groups in total. The summed E-state index contributed by atoms with van der Waals surface area (Å²) in [5.41, 5.74) is 1.62. The second-order valence-corrected chi connectivity index (χ2v) is 3.77. The van der Waals surface area contributed by atoms with Crippen molar-refractivity contribution in [2.45, 2.75) is 13.3 Å². The van der Waals surface area contributed by atoms with Gasteiger partial charge in [-0.05, 0) is 15.9 Å². The van der Waals surface area contributed by atoms with Gasteiger partial charge in [-0.2, -0.15) is 0 Å². The van der Waals surface area contributed by atoms with Gasteiger partial charge in [0.1, 0.15) is 11.3 Å². The molecule has 0 saturated heterocycles. The molecule has 1 heterocycles. The maximum Gasteiger partial charge on any atom is 0.195 e. The van der Waals surface area contributed by atoms with E-state index in [0.29, 0.717) is 0 Å². The van der Waals surface area contributed by atoms with Crippen molar-refractivity contribution in [2.75, 3.05) is 7.11 Å². The third-order valence-electron chi connectivity index (χ3n) is 2.01. The first-order valence-electron chi connectivity index (χ1n) is 4.37. The number of hydrogen-bond acceptors (Lipinski definition) is 3. The van der Waals surface area contributed by atoms with Gasteiger partial charge in [-0.1, -0.05) is 6.92 Å². The van der Waals surface area contributed by atoms with Crippen molar-refractivity contribution in [3.05, 3.63) is 22.5 Å². The Balaban J connectivity index is 2.64. The largest absolute Gasteiger partial charge is 0.495 e. The lowest BCUT2D eigenvalue weighted by atomic mass is 10.3. The standard InChI is InChI=1S/C10H10BrNO2/c1-3-10-12-7-5-8(13-2)6(11)4-9(7)14-10/h4-5H,3H2,1-2H3. The topological polar surface area (TPSA) is 35.3 Å². The van der Waals surface area contributed by atoms with E-state index >= 15 is 0 Å². The lowest BCUT2D eigenvalue weighted by molar-refractivity contribution is 0.412. The van der Waals surface area contributed by atoms with Gasteiger partial charge in [0.05, 0.1) is 11.6 Å². The third kappa shape index (κ3) is 1.50. The van der Waals surface area contributed by atoms with E-state index in [1.54, 1.807) is 7.11 Å². The quantitative estimate of drug-likeness (QED) is 0.827. The van der Waals surface area contributed by atoms with Gasteiger partial charge < -0.3 is 9.15 Å². The molecule has 0 fully saturated rings. The average Bonchev–Trinajstić information content (AvgIpc) is 2.58. The van der Waals surface area contributed by atoms with Crippen LogP contribution >= 0.6 is 15.9 Å². The molecular weight excluding hydrogens is 246 g/mol. The molecule has 0 amide bonds. The Morgan fingerprint density at radius 1 is 1.50 bits per heavy atom. The average molecular weight is 256 g/mol. The molecule has 14 heavy (non-hydrogen) atoms. The van der Waals surface area contributed by atoms with Crippen molar-refractivity contribution < 1.29 is 9.15 Å². The predicted octanol–water partition coefficient (Wildman–Crippen LogP) is 3.16. The fraction of sp³-hybridized carbons (Fsp3) is 0.300. The molecule has 3 nitrogen and oxygen atoms in total. The summed E-state index contributed by atoms with van der Waals surface area (Å²) < 4.78 is 11.5. The lowest BCUT2D eigenvalue weighted by Gasteiger charge is -2.00. The molecule has 0 radical (unpaired) electrons. The molecule has 0 saturated carbocycles. The van der Waals surface area contributed by atoms with E-state index < -0.39 is 0 Å². The number of aromatic nitrogens is 1. The highest BCUT2D eigenvalue weighted by molar-refractivity contribution is 9.10. The highest BCUT2D eigenvalue weighted by atomic mass is 79.9. The zero-order valence-electron chi connectivity index (χ0n) is 8.00. The Morgan fingerprint density at radius 3 is 2.93 bits per heavy atom. The second-order valence-electron chi connectivity index (χ2n) is 2.92. The van der Waals surface area contributed by atoms with Crippen LogP contribution < -0.4 is 4.74 Å². The molecule has 0 aliphatic carbocycles. The first kappa shape index (κ1) is 9.52. The molecular formula is C10H10BrNO2. The first-order valence-corrected chi connectivity index (χ1v) is 5.17. The minimum atomic E-state index is 0.750. The number of methoxy groups -OCH3 is 1. The summed E-state index contributed by atoms with van der Waals surface area (Å²) in [6.07, 6.45) is 0.800. The molecule has 74 valence electrons. The van der Waals surface area contributed by atoms with Crippen LogP contribution in [0.4, 0.5) is 0 Å². The molecule has 2 rings (SSSR count). The summed E-state index contributed by atoms with van der Waals surface area (Å²) in [6.45, 7) is 2.01. The van der Waals surface area contributed by atoms with E-state index in [4.69, 9.17) is 9.15 Å². The Hall–Kier alpha value is -1.03. The van der Waals surface area contributed by atoms with Gasteiger partial charge in [-0.15, -0.1) is 0 Å². The van der Waals surface area contributed by atoms with E-state index in [9.17, 15) is 0 Å². The molecule has 0 unspecified atom stereocenters. The highest BCUT2D eigenvalue weighted by Gasteiger charge is 2.08. The molecule has 1 aromatic heterocycles. The summed E-state index contributed by atoms with van der Waals surface area (Å²) in [6, 6.07) is 3.74. The highest BCUT2D eigenvalue weighted by Crippen LogP contribution is 2.30. The lowest BCUT2D eigenvalue weighted by Crippen LogP contribution is -1.83. The summed E-state index contributed by atoms with van der Waals surface area (Å²) in [5.74, 6) is 1.52. The number of aryl methyl sites for hydroxylation is 1. The van der Waals surface area contributed by atoms with E-state index in [1.807, 2.05) is 19.1 Å². The minimum absolute atomic E-state index is 0.750. The van der Waals surface area contributed by atoms with Crippen molar-refractivity contribution in [3.63, 3.8) is 0 Å². The van der Waals surface area contributed by atoms with Crippen LogP contribution in [0.15, 0.2) is 21.0 Å². The second kappa shape index (κ2) is 3.61. The zero-order chi connectivity index (χ0) is 10.1. The zero-order valence-corrected chi connectivity index (χ0v) is 9.59. The first-order chi connectivity index (χ1) is 6.74. The summed E-state index contributed by atoms with van der Waals surface area (Å²) in [4.78, 5) is 4.31. The minimum Gasteiger partial charge on any atom is -0.495 e. The van der Waals surface area contributed by atoms with Crippen LogP contribution in [0.5, 0.6) is 5.75 Å². The SMILES string of the molecule is CCc1nc2cc(OC)c(Br)cc2o1. The van der Waals surface area contributed by atoms with E-state index in [2.05, 4.69) is 20.9 Å². The van der Waals surface area contributed by atoms with Crippen molar-refractivity contribution in [1.29, 1.82) is 0 Å². The number of rotatable bonds is 2. The Labute approximate surface area is 90.2 Å². The maximum atomic E-state index is 5.50. The molecule has 1 aromatic carbocycles. The van der Waals surface area contributed by atoms with E-state index in [0.717, 1.165) is 33.6 Å². The van der Waals surface area contributed by atoms with Crippen LogP contribution in [0.25, 0.3) is 11.1 Å². The van der Waals surface area contributed by atoms with Gasteiger partial charge in [0.2, 0.25) is 0 Å². The number of nitrogens with zero attached hydrogens (tertiary/aromatic N) is 1. The molecule has 0 spiro atoms. The number of hydrogen-bond donors (Lipinski definition) is 0. The van der Waals surface area contributed by atoms with Gasteiger partial charge >= 0.3 is 0 Å². The third-order valence-corrected chi connectivity index (χ3v) is 2.63. The maximum absolute atomic E-state index is 5.50. The van der Waals surface area contributed by atoms with Gasteiger partial charge in [0.25, 0.3) is 0 Å². The fourth-order valence-corrected chi connectivity index (χ4v) is 1.77. The van der Waals surface area contributed by atoms with Gasteiger partial charge in [-0.25, -0.2) is 4.98 Å². The van der Waals surface area contributed by atoms with E-state index in [1.165, 1.54) is 0 Å². The number of fused-ring (bicyclic) bond motifs is 1. The molecule has 0 aliphatic heterocycles. The fourth-order valence-electron chi connectivity index (χ4n) is 1.29. The van der Waals surface area contributed by atoms with E-state index in [-0.39, 0.29) is 0 Å². The van der Waals surface area contributed by atoms with Crippen LogP contribution in [0.2, 0.25) is 0 Å². The molecule has 0 bridgehead atoms. The number of oxazole rings is 1. The van der Waals surface area contributed by atoms with Gasteiger partial charge in [0, 0.05) is 18.6 Å². The Bertz CT molecular complexity index is 464. The monoisotopic (exact) mass is 255 g/mol. The summed E-state index contributed by atoms with van der Waals surface area (Å²) >= 11 is 3.40. The Kier molecular flexibility index (Phi) is 2.46. The van der Waals surface area contributed by atoms with Gasteiger partial charge in [-0.3, -0.25) is 0 Å². The van der Waals surface area contributed by atoms with Crippen molar-refractivity contribution >= 4 is 27.0 Å². The number of halogens is 1. The molecule has 0 atom stereocenters. The summed E-state index contributed by atoms with van der Waals surface area (Å²) in [5, 5.41) is 0. The van der Waals surface area contributed by atoms with Gasteiger partial charge in [0.15, 0.2) is 11.5 Å². The molecule has 4 heteroatoms. The van der Waals surface area contributed by atoms with Crippen LogP contribution in [0.1, 0.15) is 12.8 Å². The van der Waals surface area contributed by atoms with Crippen LogP contribution in [0, 0.1) is 0 Å². The smallest absolute Gasteiger partial charge is 0.195 e. The Morgan fingerprint density at radius 2 is 2.29 bits per heavy atom. The summed E-state index contributed by atoms with van der Waals surface area (Å²) in [7, 11) is 1.63. The molecule has 0 aliphatic rings. The van der Waals surface area contributed by atoms with Crippen LogP contribution in [-0.2, 0) is 6.42 Å². The number of ether oxygens (including phenoxy) is 1. The van der Waals surface area contributed by atoms with Crippen molar-refractivity contribution in [2.24, 2.45) is 0 Å². The van der Waals surface area contributed by atoms with Crippen molar-refractivity contribution in [3.8, 4) is 5.75 Å². The predicted molar refractivity (Wildman–Crippen MR) is 57.6 cm³/mol. The number of benzene rings is 1. The van der Waals surface area contributed by atoms with Crippen LogP contribution in [0.3, 0.4) is 0 Å².